The molecule has 3 rings (SSSR count). The molecular weight excluding hydrogens is 347 g/mol. The van der Waals surface area contributed by atoms with Crippen LogP contribution in [0.25, 0.3) is 0 Å². The predicted octanol–water partition coefficient (Wildman–Crippen LogP) is 4.27. The summed E-state index contributed by atoms with van der Waals surface area (Å²) in [5.74, 6) is -0.918. The number of carboxylic acid groups (broad SMARTS) is 1. The zero-order valence-corrected chi connectivity index (χ0v) is 15.9. The minimum absolute atomic E-state index is 0.150. The number of nitrogens with zero attached hydrogens (tertiary/aromatic N) is 2. The zero-order valence-electron chi connectivity index (χ0n) is 14.9. The summed E-state index contributed by atoms with van der Waals surface area (Å²) in [6.07, 6.45) is 2.42. The molecule has 2 aromatic rings. The second kappa shape index (κ2) is 7.90. The average molecular weight is 372 g/mol. The van der Waals surface area contributed by atoms with E-state index in [0.29, 0.717) is 24.8 Å². The number of carbonyl (C=O) groups is 1. The molecule has 0 saturated carbocycles. The van der Waals surface area contributed by atoms with Crippen LogP contribution in [0.2, 0.25) is 0 Å². The van der Waals surface area contributed by atoms with Gasteiger partial charge >= 0.3 is 154 Å². The molecule has 2 N–H and O–H groups in total. The van der Waals surface area contributed by atoms with Crippen molar-refractivity contribution in [2.75, 3.05) is 22.4 Å². The van der Waals surface area contributed by atoms with E-state index in [0.717, 1.165) is 11.4 Å². The van der Waals surface area contributed by atoms with Crippen LogP contribution in [-0.2, 0) is 4.79 Å². The van der Waals surface area contributed by atoms with Gasteiger partial charge in [-0.05, 0) is 0 Å². The molecule has 0 bridgehead atoms. The van der Waals surface area contributed by atoms with E-state index >= 15 is 0 Å². The van der Waals surface area contributed by atoms with Gasteiger partial charge in [0.15, 0.2) is 0 Å². The van der Waals surface area contributed by atoms with Crippen molar-refractivity contribution in [3.63, 3.8) is 0 Å². The summed E-state index contributed by atoms with van der Waals surface area (Å²) in [4.78, 5) is 23.5. The van der Waals surface area contributed by atoms with E-state index in [2.05, 4.69) is 0 Å². The number of hydrogen-bond donors (Lipinski definition) is 2. The Balaban J connectivity index is 2.12. The summed E-state index contributed by atoms with van der Waals surface area (Å²) < 4.78 is 4.04. The number of allylic oxidation sites excluding steroid dienone is 1. The number of carboxylic acids is 1. The van der Waals surface area contributed by atoms with Crippen molar-refractivity contribution in [3.8, 4) is 0 Å². The summed E-state index contributed by atoms with van der Waals surface area (Å²) in [6.45, 7) is 3.28. The monoisotopic (exact) mass is 372 g/mol. The standard InChI is InChI=1S/C20H25N2O3P/c1-2-9-19(16-20(23)24)26(25)21(17-10-5-3-6-11-17)14-15-22(26)18-12-7-4-8-13-18/h3-13,25-26H,2,14-16H2,1H3,(H,23,24)/b19-9-. The first-order valence-corrected chi connectivity index (χ1v) is 10.7. The predicted molar refractivity (Wildman–Crippen MR) is 109 cm³/mol. The van der Waals surface area contributed by atoms with E-state index in [-0.39, 0.29) is 6.42 Å². The van der Waals surface area contributed by atoms with Crippen LogP contribution in [0.5, 0.6) is 0 Å². The molecule has 2 aromatic carbocycles. The van der Waals surface area contributed by atoms with Crippen LogP contribution in [0.4, 0.5) is 11.4 Å². The average Bonchev–Trinajstić information content (AvgIpc) is 3.01. The molecular formula is C20H25N2O3P. The number of para-hydroxylation sites is 2. The van der Waals surface area contributed by atoms with Crippen molar-refractivity contribution in [1.29, 1.82) is 0 Å². The molecule has 0 unspecified atom stereocenters. The minimum atomic E-state index is -3.39. The second-order valence-corrected chi connectivity index (χ2v) is 9.31. The number of hydrogen-bond acceptors (Lipinski definition) is 4. The van der Waals surface area contributed by atoms with Crippen LogP contribution in [0.15, 0.2) is 72.1 Å². The molecule has 1 saturated heterocycles. The van der Waals surface area contributed by atoms with Gasteiger partial charge in [0.1, 0.15) is 0 Å². The molecule has 26 heavy (non-hydrogen) atoms. The molecule has 0 aromatic heterocycles. The van der Waals surface area contributed by atoms with Crippen molar-refractivity contribution in [3.05, 3.63) is 72.1 Å². The van der Waals surface area contributed by atoms with Crippen LogP contribution in [0.1, 0.15) is 19.8 Å². The molecule has 1 aliphatic heterocycles. The Kier molecular flexibility index (Phi) is 5.60. The van der Waals surface area contributed by atoms with Gasteiger partial charge in [-0.25, -0.2) is 0 Å². The molecule has 5 nitrogen and oxygen atoms in total. The molecule has 0 atom stereocenters. The van der Waals surface area contributed by atoms with Crippen molar-refractivity contribution in [2.24, 2.45) is 0 Å². The van der Waals surface area contributed by atoms with Gasteiger partial charge in [0.2, 0.25) is 0 Å². The van der Waals surface area contributed by atoms with Crippen LogP contribution in [-0.4, -0.2) is 29.1 Å². The maximum atomic E-state index is 12.0. The zero-order chi connectivity index (χ0) is 18.6. The third-order valence-electron chi connectivity index (χ3n) is 4.66. The molecule has 6 heteroatoms. The van der Waals surface area contributed by atoms with Crippen LogP contribution < -0.4 is 9.34 Å². The number of anilines is 2. The first-order chi connectivity index (χ1) is 12.6. The van der Waals surface area contributed by atoms with Gasteiger partial charge in [0.25, 0.3) is 0 Å². The Morgan fingerprint density at radius 3 is 1.85 bits per heavy atom. The fourth-order valence-electron chi connectivity index (χ4n) is 3.58. The quantitative estimate of drug-likeness (QED) is 0.742. The Morgan fingerprint density at radius 2 is 1.46 bits per heavy atom. The first kappa shape index (κ1) is 18.4. The maximum absolute atomic E-state index is 12.0. The van der Waals surface area contributed by atoms with Gasteiger partial charge in [-0.2, -0.15) is 0 Å². The van der Waals surface area contributed by atoms with Gasteiger partial charge in [0.05, 0.1) is 0 Å². The third kappa shape index (κ3) is 3.46. The third-order valence-corrected chi connectivity index (χ3v) is 8.37. The molecule has 0 spiro atoms. The Morgan fingerprint density at radius 1 is 1.00 bits per heavy atom. The van der Waals surface area contributed by atoms with E-state index in [1.54, 1.807) is 0 Å². The van der Waals surface area contributed by atoms with Gasteiger partial charge < -0.3 is 0 Å². The summed E-state index contributed by atoms with van der Waals surface area (Å²) in [6, 6.07) is 19.5. The Labute approximate surface area is 154 Å². The fourth-order valence-corrected chi connectivity index (χ4v) is 7.27. The molecule has 0 amide bonds. The molecule has 138 valence electrons. The van der Waals surface area contributed by atoms with E-state index in [9.17, 15) is 14.8 Å². The second-order valence-electron chi connectivity index (χ2n) is 6.32. The van der Waals surface area contributed by atoms with Gasteiger partial charge in [0, 0.05) is 0 Å². The van der Waals surface area contributed by atoms with Gasteiger partial charge in [-0.1, -0.05) is 0 Å². The number of rotatable bonds is 6. The molecule has 0 radical (unpaired) electrons. The SMILES string of the molecule is CC/C=C(/CC(=O)O)[PH]1(O)N(c2ccccc2)CCN1c1ccccc1. The molecule has 1 heterocycles. The van der Waals surface area contributed by atoms with E-state index in [1.807, 2.05) is 83.0 Å². The topological polar surface area (TPSA) is 64.0 Å². The number of benzene rings is 2. The van der Waals surface area contributed by atoms with Crippen LogP contribution in [0, 0.1) is 0 Å². The summed E-state index contributed by atoms with van der Waals surface area (Å²) >= 11 is 0. The summed E-state index contributed by atoms with van der Waals surface area (Å²) in [5, 5.41) is 10.1. The molecule has 1 aliphatic rings. The summed E-state index contributed by atoms with van der Waals surface area (Å²) in [7, 11) is -3.39. The summed E-state index contributed by atoms with van der Waals surface area (Å²) in [5.41, 5.74) is 1.85. The van der Waals surface area contributed by atoms with E-state index < -0.39 is 13.8 Å². The molecule has 1 fully saturated rings. The van der Waals surface area contributed by atoms with E-state index in [4.69, 9.17) is 0 Å². The van der Waals surface area contributed by atoms with Gasteiger partial charge in [-0.15, -0.1) is 0 Å². The van der Waals surface area contributed by atoms with Crippen molar-refractivity contribution >= 4 is 25.1 Å². The first-order valence-electron chi connectivity index (χ1n) is 8.86. The Hall–Kier alpha value is -2.36. The molecule has 0 aliphatic carbocycles. The van der Waals surface area contributed by atoms with Crippen LogP contribution >= 0.6 is 7.79 Å². The van der Waals surface area contributed by atoms with Crippen molar-refractivity contribution in [1.82, 2.24) is 0 Å². The van der Waals surface area contributed by atoms with Gasteiger partial charge in [-0.3, -0.25) is 0 Å². The Bertz CT molecular complexity index is 733. The normalized spacial score (nSPS) is 18.0. The number of aliphatic carboxylic acids is 1. The van der Waals surface area contributed by atoms with Crippen molar-refractivity contribution in [2.45, 2.75) is 19.8 Å². The van der Waals surface area contributed by atoms with Crippen molar-refractivity contribution < 1.29 is 14.8 Å². The van der Waals surface area contributed by atoms with Crippen LogP contribution in [0.3, 0.4) is 0 Å². The van der Waals surface area contributed by atoms with E-state index in [1.165, 1.54) is 0 Å². The fraction of sp³-hybridized carbons (Fsp3) is 0.250.